The topological polar surface area (TPSA) is 46.6 Å². The van der Waals surface area contributed by atoms with Crippen LogP contribution in [0, 0.1) is 5.82 Å². The molecule has 0 bridgehead atoms. The van der Waals surface area contributed by atoms with Crippen molar-refractivity contribution in [1.82, 2.24) is 4.90 Å². The van der Waals surface area contributed by atoms with Crippen LogP contribution in [0.3, 0.4) is 0 Å². The minimum Gasteiger partial charge on any atom is -0.455 e. The summed E-state index contributed by atoms with van der Waals surface area (Å²) in [4.78, 5) is 26.1. The van der Waals surface area contributed by atoms with Gasteiger partial charge in [-0.3, -0.25) is 9.59 Å². The lowest BCUT2D eigenvalue weighted by Crippen LogP contribution is -2.34. The van der Waals surface area contributed by atoms with Crippen LogP contribution in [0.4, 0.5) is 4.39 Å². The minimum atomic E-state index is -0.452. The fourth-order valence-corrected chi connectivity index (χ4v) is 3.12. The summed E-state index contributed by atoms with van der Waals surface area (Å²) in [6.45, 7) is 2.21. The van der Waals surface area contributed by atoms with Crippen molar-refractivity contribution >= 4 is 22.6 Å². The average Bonchev–Trinajstić information content (AvgIpc) is 2.70. The molecule has 0 radical (unpaired) electrons. The Morgan fingerprint density at radius 1 is 1.00 bits per heavy atom. The predicted octanol–water partition coefficient (Wildman–Crippen LogP) is 4.11. The van der Waals surface area contributed by atoms with E-state index < -0.39 is 5.97 Å². The van der Waals surface area contributed by atoms with E-state index in [-0.39, 0.29) is 31.3 Å². The monoisotopic (exact) mass is 379 g/mol. The number of benzene rings is 3. The fourth-order valence-electron chi connectivity index (χ4n) is 3.12. The summed E-state index contributed by atoms with van der Waals surface area (Å²) in [6.07, 6.45) is 0.102. The van der Waals surface area contributed by atoms with Crippen molar-refractivity contribution in [2.45, 2.75) is 19.9 Å². The van der Waals surface area contributed by atoms with Crippen LogP contribution in [0.2, 0.25) is 0 Å². The summed E-state index contributed by atoms with van der Waals surface area (Å²) >= 11 is 0. The highest BCUT2D eigenvalue weighted by molar-refractivity contribution is 5.89. The molecule has 0 aliphatic carbocycles. The van der Waals surface area contributed by atoms with Gasteiger partial charge in [-0.05, 0) is 41.0 Å². The molecule has 0 N–H and O–H groups in total. The van der Waals surface area contributed by atoms with Crippen LogP contribution in [0.1, 0.15) is 18.1 Å². The number of nitrogens with zero attached hydrogens (tertiary/aromatic N) is 1. The number of halogens is 1. The van der Waals surface area contributed by atoms with Crippen LogP contribution in [-0.4, -0.2) is 29.9 Å². The molecule has 144 valence electrons. The van der Waals surface area contributed by atoms with Crippen molar-refractivity contribution in [2.75, 3.05) is 13.2 Å². The van der Waals surface area contributed by atoms with E-state index in [0.29, 0.717) is 12.1 Å². The second kappa shape index (κ2) is 9.13. The van der Waals surface area contributed by atoms with Crippen molar-refractivity contribution in [3.05, 3.63) is 83.7 Å². The van der Waals surface area contributed by atoms with Gasteiger partial charge in [-0.2, -0.15) is 0 Å². The molecule has 4 nitrogen and oxygen atoms in total. The molecule has 0 aliphatic rings. The van der Waals surface area contributed by atoms with Crippen LogP contribution >= 0.6 is 0 Å². The van der Waals surface area contributed by atoms with Gasteiger partial charge in [0.05, 0.1) is 6.42 Å². The zero-order valence-corrected chi connectivity index (χ0v) is 15.7. The molecule has 0 spiro atoms. The van der Waals surface area contributed by atoms with Crippen LogP contribution in [-0.2, 0) is 27.3 Å². The van der Waals surface area contributed by atoms with Crippen LogP contribution in [0.5, 0.6) is 0 Å². The molecule has 3 rings (SSSR count). The van der Waals surface area contributed by atoms with Gasteiger partial charge < -0.3 is 9.64 Å². The van der Waals surface area contributed by atoms with Gasteiger partial charge in [-0.25, -0.2) is 4.39 Å². The Morgan fingerprint density at radius 3 is 2.54 bits per heavy atom. The van der Waals surface area contributed by atoms with E-state index in [1.807, 2.05) is 49.4 Å². The predicted molar refractivity (Wildman–Crippen MR) is 106 cm³/mol. The van der Waals surface area contributed by atoms with Crippen molar-refractivity contribution in [3.63, 3.8) is 0 Å². The highest BCUT2D eigenvalue weighted by Crippen LogP contribution is 2.19. The van der Waals surface area contributed by atoms with E-state index in [4.69, 9.17) is 4.74 Å². The number of rotatable bonds is 7. The smallest absolute Gasteiger partial charge is 0.310 e. The van der Waals surface area contributed by atoms with E-state index in [1.165, 1.54) is 17.0 Å². The number of fused-ring (bicyclic) bond motifs is 1. The van der Waals surface area contributed by atoms with Crippen LogP contribution in [0.15, 0.2) is 66.7 Å². The maximum atomic E-state index is 13.3. The number of esters is 1. The van der Waals surface area contributed by atoms with Gasteiger partial charge in [-0.15, -0.1) is 0 Å². The third kappa shape index (κ3) is 4.94. The number of likely N-dealkylation sites (N-methyl/N-ethyl adjacent to an activating group) is 1. The Bertz CT molecular complexity index is 981. The maximum absolute atomic E-state index is 13.3. The molecule has 0 saturated heterocycles. The highest BCUT2D eigenvalue weighted by atomic mass is 19.1. The Morgan fingerprint density at radius 2 is 1.75 bits per heavy atom. The quantitative estimate of drug-likeness (QED) is 0.581. The average molecular weight is 379 g/mol. The molecule has 0 aromatic heterocycles. The number of ether oxygens (including phenoxy) is 1. The van der Waals surface area contributed by atoms with Crippen molar-refractivity contribution in [3.8, 4) is 0 Å². The summed E-state index contributed by atoms with van der Waals surface area (Å²) in [6, 6.07) is 19.7. The molecule has 3 aromatic rings. The maximum Gasteiger partial charge on any atom is 0.310 e. The van der Waals surface area contributed by atoms with Gasteiger partial charge in [0.15, 0.2) is 6.61 Å². The normalized spacial score (nSPS) is 10.6. The summed E-state index contributed by atoms with van der Waals surface area (Å²) in [5, 5.41) is 2.05. The standard InChI is InChI=1S/C23H22FNO3/c1-2-25(15-17-7-5-11-20(24)13-17)22(26)16-28-23(27)14-19-10-6-9-18-8-3-4-12-21(18)19/h3-13H,2,14-16H2,1H3. The SMILES string of the molecule is CCN(Cc1cccc(F)c1)C(=O)COC(=O)Cc1cccc2ccccc12. The van der Waals surface area contributed by atoms with Crippen molar-refractivity contribution in [2.24, 2.45) is 0 Å². The lowest BCUT2D eigenvalue weighted by atomic mass is 10.0. The molecule has 0 aliphatic heterocycles. The summed E-state index contributed by atoms with van der Waals surface area (Å²) in [5.41, 5.74) is 1.56. The largest absolute Gasteiger partial charge is 0.455 e. The molecule has 0 fully saturated rings. The number of hydrogen-bond donors (Lipinski definition) is 0. The molecule has 0 heterocycles. The summed E-state index contributed by atoms with van der Waals surface area (Å²) in [5.74, 6) is -1.10. The van der Waals surface area contributed by atoms with E-state index in [2.05, 4.69) is 0 Å². The number of carbonyl (C=O) groups excluding carboxylic acids is 2. The molecule has 0 atom stereocenters. The molecular weight excluding hydrogens is 357 g/mol. The van der Waals surface area contributed by atoms with Gasteiger partial charge >= 0.3 is 5.97 Å². The fraction of sp³-hybridized carbons (Fsp3) is 0.217. The Kier molecular flexibility index (Phi) is 6.37. The molecule has 1 amide bonds. The first kappa shape index (κ1) is 19.5. The Balaban J connectivity index is 1.57. The second-order valence-corrected chi connectivity index (χ2v) is 6.51. The molecule has 5 heteroatoms. The molecular formula is C23H22FNO3. The van der Waals surface area contributed by atoms with Crippen LogP contribution < -0.4 is 0 Å². The second-order valence-electron chi connectivity index (χ2n) is 6.51. The third-order valence-electron chi connectivity index (χ3n) is 4.57. The van der Waals surface area contributed by atoms with Gasteiger partial charge in [-0.1, -0.05) is 54.6 Å². The van der Waals surface area contributed by atoms with Gasteiger partial charge in [0.25, 0.3) is 5.91 Å². The van der Waals surface area contributed by atoms with Gasteiger partial charge in [0.1, 0.15) is 5.82 Å². The zero-order chi connectivity index (χ0) is 19.9. The molecule has 3 aromatic carbocycles. The lowest BCUT2D eigenvalue weighted by Gasteiger charge is -2.21. The first-order valence-electron chi connectivity index (χ1n) is 9.21. The van der Waals surface area contributed by atoms with Crippen LogP contribution in [0.25, 0.3) is 10.8 Å². The minimum absolute atomic E-state index is 0.102. The van der Waals surface area contributed by atoms with Crippen molar-refractivity contribution in [1.29, 1.82) is 0 Å². The summed E-state index contributed by atoms with van der Waals surface area (Å²) in [7, 11) is 0. The number of hydrogen-bond acceptors (Lipinski definition) is 3. The Labute approximate surface area is 163 Å². The molecule has 0 saturated carbocycles. The van der Waals surface area contributed by atoms with E-state index in [1.54, 1.807) is 12.1 Å². The van der Waals surface area contributed by atoms with E-state index >= 15 is 0 Å². The lowest BCUT2D eigenvalue weighted by molar-refractivity contribution is -0.151. The van der Waals surface area contributed by atoms with E-state index in [9.17, 15) is 14.0 Å². The number of carbonyl (C=O) groups is 2. The molecule has 28 heavy (non-hydrogen) atoms. The zero-order valence-electron chi connectivity index (χ0n) is 15.7. The van der Waals surface area contributed by atoms with E-state index in [0.717, 1.165) is 16.3 Å². The Hall–Kier alpha value is -3.21. The van der Waals surface area contributed by atoms with Crippen molar-refractivity contribution < 1.29 is 18.7 Å². The molecule has 0 unspecified atom stereocenters. The first-order valence-corrected chi connectivity index (χ1v) is 9.21. The highest BCUT2D eigenvalue weighted by Gasteiger charge is 2.16. The van der Waals surface area contributed by atoms with Gasteiger partial charge in [0, 0.05) is 13.1 Å². The first-order chi connectivity index (χ1) is 13.6. The third-order valence-corrected chi connectivity index (χ3v) is 4.57. The summed E-state index contributed by atoms with van der Waals surface area (Å²) < 4.78 is 18.5. The van der Waals surface area contributed by atoms with Gasteiger partial charge in [0.2, 0.25) is 0 Å². The number of amides is 1.